The fourth-order valence-electron chi connectivity index (χ4n) is 3.28. The molecule has 1 saturated heterocycles. The fourth-order valence-corrected chi connectivity index (χ4v) is 3.28. The smallest absolute Gasteiger partial charge is 0.387 e. The number of likely N-dealkylation sites (tertiary alicyclic amines) is 1. The molecular formula is C18H20F2N4O4. The monoisotopic (exact) mass is 394 g/mol. The molecule has 1 N–H and O–H groups in total. The van der Waals surface area contributed by atoms with E-state index in [0.29, 0.717) is 30.8 Å². The third-order valence-corrected chi connectivity index (χ3v) is 4.90. The normalized spacial score (nSPS) is 19.7. The summed E-state index contributed by atoms with van der Waals surface area (Å²) in [4.78, 5) is 25.9. The zero-order valence-electron chi connectivity index (χ0n) is 15.4. The van der Waals surface area contributed by atoms with Crippen molar-refractivity contribution in [2.75, 3.05) is 13.1 Å². The van der Waals surface area contributed by atoms with Gasteiger partial charge in [-0.3, -0.25) is 9.59 Å². The number of piperidine rings is 1. The number of aliphatic carboxylic acids is 1. The number of carbonyl (C=O) groups is 2. The Labute approximate surface area is 159 Å². The van der Waals surface area contributed by atoms with Gasteiger partial charge >= 0.3 is 12.6 Å². The standard InChI is InChI=1S/C18H20F2N4O4/c1-11-14(15(25)23-9-3-8-18(2,10-23)16(26)27)21-22-24(11)12-4-6-13(7-5-12)28-17(19)20/h4-7,17H,3,8-10H2,1-2H3,(H,26,27). The maximum atomic E-state index is 12.9. The summed E-state index contributed by atoms with van der Waals surface area (Å²) in [6.45, 7) is 0.934. The van der Waals surface area contributed by atoms with Gasteiger partial charge in [0.05, 0.1) is 16.8 Å². The van der Waals surface area contributed by atoms with Crippen LogP contribution in [-0.4, -0.2) is 56.6 Å². The predicted octanol–water partition coefficient (Wildman–Crippen LogP) is 2.50. The van der Waals surface area contributed by atoms with Crippen molar-refractivity contribution in [3.05, 3.63) is 35.7 Å². The van der Waals surface area contributed by atoms with E-state index in [1.807, 2.05) is 0 Å². The number of carbonyl (C=O) groups excluding carboxylic acids is 1. The molecule has 0 spiro atoms. The Morgan fingerprint density at radius 3 is 2.57 bits per heavy atom. The van der Waals surface area contributed by atoms with Crippen LogP contribution in [-0.2, 0) is 4.79 Å². The summed E-state index contributed by atoms with van der Waals surface area (Å²) in [5.41, 5.74) is 0.135. The lowest BCUT2D eigenvalue weighted by Crippen LogP contribution is -2.48. The zero-order valence-corrected chi connectivity index (χ0v) is 15.4. The summed E-state index contributed by atoms with van der Waals surface area (Å²) in [6, 6.07) is 5.78. The molecule has 150 valence electrons. The van der Waals surface area contributed by atoms with E-state index < -0.39 is 18.0 Å². The van der Waals surface area contributed by atoms with Gasteiger partial charge in [-0.1, -0.05) is 5.21 Å². The highest BCUT2D eigenvalue weighted by Gasteiger charge is 2.40. The summed E-state index contributed by atoms with van der Waals surface area (Å²) >= 11 is 0. The molecule has 1 aliphatic heterocycles. The summed E-state index contributed by atoms with van der Waals surface area (Å²) in [5, 5.41) is 17.4. The molecule has 2 aromatic rings. The summed E-state index contributed by atoms with van der Waals surface area (Å²) < 4.78 is 30.2. The highest BCUT2D eigenvalue weighted by Crippen LogP contribution is 2.30. The molecule has 2 heterocycles. The van der Waals surface area contributed by atoms with Crippen LogP contribution in [0, 0.1) is 12.3 Å². The van der Waals surface area contributed by atoms with Crippen LogP contribution in [0.5, 0.6) is 5.75 Å². The summed E-state index contributed by atoms with van der Waals surface area (Å²) in [6.07, 6.45) is 1.10. The SMILES string of the molecule is Cc1c(C(=O)N2CCCC(C)(C(=O)O)C2)nnn1-c1ccc(OC(F)F)cc1. The van der Waals surface area contributed by atoms with Gasteiger partial charge in [-0.25, -0.2) is 4.68 Å². The molecule has 0 saturated carbocycles. The number of amides is 1. The number of rotatable bonds is 5. The Morgan fingerprint density at radius 1 is 1.29 bits per heavy atom. The molecule has 0 aliphatic carbocycles. The molecule has 1 fully saturated rings. The van der Waals surface area contributed by atoms with Crippen LogP contribution in [0.2, 0.25) is 0 Å². The minimum atomic E-state index is -2.91. The number of nitrogens with zero attached hydrogens (tertiary/aromatic N) is 4. The Morgan fingerprint density at radius 2 is 1.96 bits per heavy atom. The molecule has 3 rings (SSSR count). The number of carboxylic acid groups (broad SMARTS) is 1. The highest BCUT2D eigenvalue weighted by atomic mass is 19.3. The molecule has 1 atom stereocenters. The minimum absolute atomic E-state index is 0.00842. The quantitative estimate of drug-likeness (QED) is 0.837. The molecule has 1 amide bonds. The van der Waals surface area contributed by atoms with Gasteiger partial charge in [-0.15, -0.1) is 5.10 Å². The van der Waals surface area contributed by atoms with Gasteiger partial charge in [-0.2, -0.15) is 8.78 Å². The van der Waals surface area contributed by atoms with Gasteiger partial charge in [0.25, 0.3) is 5.91 Å². The number of aromatic nitrogens is 3. The van der Waals surface area contributed by atoms with E-state index >= 15 is 0 Å². The van der Waals surface area contributed by atoms with Crippen LogP contribution >= 0.6 is 0 Å². The lowest BCUT2D eigenvalue weighted by atomic mass is 9.82. The number of hydrogen-bond acceptors (Lipinski definition) is 5. The first-order chi connectivity index (χ1) is 13.2. The van der Waals surface area contributed by atoms with Crippen LogP contribution in [0.15, 0.2) is 24.3 Å². The molecule has 1 aromatic carbocycles. The van der Waals surface area contributed by atoms with Crippen molar-refractivity contribution in [1.82, 2.24) is 19.9 Å². The summed E-state index contributed by atoms with van der Waals surface area (Å²) in [7, 11) is 0. The average molecular weight is 394 g/mol. The number of carboxylic acids is 1. The lowest BCUT2D eigenvalue weighted by molar-refractivity contribution is -0.150. The maximum absolute atomic E-state index is 12.9. The van der Waals surface area contributed by atoms with E-state index in [4.69, 9.17) is 0 Å². The van der Waals surface area contributed by atoms with Gasteiger partial charge in [0, 0.05) is 13.1 Å². The molecule has 28 heavy (non-hydrogen) atoms. The second-order valence-corrected chi connectivity index (χ2v) is 7.00. The van der Waals surface area contributed by atoms with Gasteiger partial charge in [0.15, 0.2) is 5.69 Å². The number of ether oxygens (including phenoxy) is 1. The second-order valence-electron chi connectivity index (χ2n) is 7.00. The van der Waals surface area contributed by atoms with E-state index in [1.165, 1.54) is 33.8 Å². The number of hydrogen-bond donors (Lipinski definition) is 1. The molecule has 1 aromatic heterocycles. The van der Waals surface area contributed by atoms with Crippen molar-refractivity contribution >= 4 is 11.9 Å². The van der Waals surface area contributed by atoms with Gasteiger partial charge in [0.2, 0.25) is 0 Å². The summed E-state index contributed by atoms with van der Waals surface area (Å²) in [5.74, 6) is -1.31. The van der Waals surface area contributed by atoms with E-state index in [9.17, 15) is 23.5 Å². The molecule has 1 unspecified atom stereocenters. The first-order valence-electron chi connectivity index (χ1n) is 8.71. The number of alkyl halides is 2. The average Bonchev–Trinajstić information content (AvgIpc) is 3.02. The first-order valence-corrected chi connectivity index (χ1v) is 8.71. The van der Waals surface area contributed by atoms with Gasteiger partial charge in [0.1, 0.15) is 5.75 Å². The molecular weight excluding hydrogens is 374 g/mol. The number of benzene rings is 1. The molecule has 0 radical (unpaired) electrons. The van der Waals surface area contributed by atoms with Gasteiger partial charge in [-0.05, 0) is 51.0 Å². The van der Waals surface area contributed by atoms with Crippen molar-refractivity contribution in [1.29, 1.82) is 0 Å². The third-order valence-electron chi connectivity index (χ3n) is 4.90. The number of halogens is 2. The van der Waals surface area contributed by atoms with Gasteiger partial charge < -0.3 is 14.7 Å². The Hall–Kier alpha value is -3.04. The fraction of sp³-hybridized carbons (Fsp3) is 0.444. The van der Waals surface area contributed by atoms with Crippen molar-refractivity contribution in [3.63, 3.8) is 0 Å². The minimum Gasteiger partial charge on any atom is -0.481 e. The third kappa shape index (κ3) is 3.80. The largest absolute Gasteiger partial charge is 0.481 e. The van der Waals surface area contributed by atoms with E-state index in [2.05, 4.69) is 15.0 Å². The van der Waals surface area contributed by atoms with Crippen molar-refractivity contribution < 1.29 is 28.2 Å². The highest BCUT2D eigenvalue weighted by molar-refractivity contribution is 5.94. The van der Waals surface area contributed by atoms with Crippen molar-refractivity contribution in [2.24, 2.45) is 5.41 Å². The van der Waals surface area contributed by atoms with Crippen LogP contribution in [0.4, 0.5) is 8.78 Å². The van der Waals surface area contributed by atoms with E-state index in [1.54, 1.807) is 13.8 Å². The van der Waals surface area contributed by atoms with Crippen LogP contribution in [0.25, 0.3) is 5.69 Å². The lowest BCUT2D eigenvalue weighted by Gasteiger charge is -2.37. The van der Waals surface area contributed by atoms with E-state index in [-0.39, 0.29) is 23.9 Å². The zero-order chi connectivity index (χ0) is 20.5. The molecule has 1 aliphatic rings. The Bertz CT molecular complexity index is 884. The van der Waals surface area contributed by atoms with Crippen LogP contribution < -0.4 is 4.74 Å². The van der Waals surface area contributed by atoms with Crippen molar-refractivity contribution in [3.8, 4) is 11.4 Å². The topological polar surface area (TPSA) is 97.5 Å². The van der Waals surface area contributed by atoms with Crippen LogP contribution in [0.1, 0.15) is 35.9 Å². The second kappa shape index (κ2) is 7.53. The Balaban J connectivity index is 1.81. The van der Waals surface area contributed by atoms with Crippen LogP contribution in [0.3, 0.4) is 0 Å². The molecule has 10 heteroatoms. The molecule has 8 nitrogen and oxygen atoms in total. The predicted molar refractivity (Wildman–Crippen MR) is 93.6 cm³/mol. The van der Waals surface area contributed by atoms with E-state index in [0.717, 1.165) is 0 Å². The van der Waals surface area contributed by atoms with Crippen molar-refractivity contribution in [2.45, 2.75) is 33.3 Å². The molecule has 0 bridgehead atoms. The first kappa shape index (κ1) is 19.7. The maximum Gasteiger partial charge on any atom is 0.387 e. The Kier molecular flexibility index (Phi) is 5.30.